The Morgan fingerprint density at radius 1 is 1.43 bits per heavy atom. The minimum absolute atomic E-state index is 0.0680. The molecule has 1 aromatic carbocycles. The summed E-state index contributed by atoms with van der Waals surface area (Å²) >= 11 is 0. The average Bonchev–Trinajstić information content (AvgIpc) is 2.41. The summed E-state index contributed by atoms with van der Waals surface area (Å²) in [6.07, 6.45) is -0.0680. The van der Waals surface area contributed by atoms with Crippen LogP contribution in [0.25, 0.3) is 0 Å². The van der Waals surface area contributed by atoms with Crippen molar-refractivity contribution in [2.75, 3.05) is 20.3 Å². The van der Waals surface area contributed by atoms with Crippen LogP contribution in [0, 0.1) is 0 Å². The average molecular weight is 341 g/mol. The van der Waals surface area contributed by atoms with Crippen LogP contribution in [0.1, 0.15) is 31.9 Å². The van der Waals surface area contributed by atoms with Gasteiger partial charge < -0.3 is 14.6 Å². The van der Waals surface area contributed by atoms with Gasteiger partial charge >= 0.3 is 5.97 Å². The van der Waals surface area contributed by atoms with Gasteiger partial charge in [-0.3, -0.25) is 4.79 Å². The molecule has 1 unspecified atom stereocenters. The molecule has 1 aromatic rings. The molecule has 1 fully saturated rings. The molecule has 1 aliphatic rings. The van der Waals surface area contributed by atoms with Crippen LogP contribution in [0.15, 0.2) is 18.2 Å². The molecule has 0 bridgehead atoms. The van der Waals surface area contributed by atoms with E-state index in [2.05, 4.69) is 4.72 Å². The first-order valence-corrected chi connectivity index (χ1v) is 8.49. The van der Waals surface area contributed by atoms with Crippen LogP contribution < -0.4 is 9.46 Å². The van der Waals surface area contributed by atoms with Gasteiger partial charge in [0.2, 0.25) is 0 Å². The number of ether oxygens (including phenoxy) is 2. The smallest absolute Gasteiger partial charge is 0.307 e. The fraction of sp³-hybridized carbons (Fsp3) is 0.562. The minimum Gasteiger partial charge on any atom is -0.496 e. The molecule has 1 heterocycles. The summed E-state index contributed by atoms with van der Waals surface area (Å²) in [7, 11) is 0.279. The molecular formula is C16H23NO5S. The number of methoxy groups -OCH3 is 1. The number of nitrogens with one attached hydrogen (secondary N) is 1. The van der Waals surface area contributed by atoms with E-state index < -0.39 is 27.2 Å². The van der Waals surface area contributed by atoms with E-state index in [1.807, 2.05) is 26.8 Å². The summed E-state index contributed by atoms with van der Waals surface area (Å²) in [5.41, 5.74) is 0.911. The molecule has 128 valence electrons. The van der Waals surface area contributed by atoms with Gasteiger partial charge in [0.15, 0.2) is 0 Å². The second kappa shape index (κ2) is 6.59. The zero-order valence-electron chi connectivity index (χ0n) is 13.8. The SMILES string of the molecule is COc1cc(CC(=O)O)ccc1C1(NS(=O)C(C)(C)C)COC1. The summed E-state index contributed by atoms with van der Waals surface area (Å²) in [5, 5.41) is 8.91. The molecule has 6 nitrogen and oxygen atoms in total. The summed E-state index contributed by atoms with van der Waals surface area (Å²) in [5.74, 6) is -0.320. The molecule has 1 atom stereocenters. The van der Waals surface area contributed by atoms with Gasteiger partial charge in [-0.25, -0.2) is 8.93 Å². The minimum atomic E-state index is -1.26. The molecule has 2 rings (SSSR count). The van der Waals surface area contributed by atoms with E-state index in [9.17, 15) is 9.00 Å². The number of aliphatic carboxylic acids is 1. The number of benzene rings is 1. The number of hydrogen-bond acceptors (Lipinski definition) is 4. The highest BCUT2D eigenvalue weighted by Gasteiger charge is 2.45. The van der Waals surface area contributed by atoms with Crippen molar-refractivity contribution in [3.05, 3.63) is 29.3 Å². The monoisotopic (exact) mass is 341 g/mol. The van der Waals surface area contributed by atoms with Crippen LogP contribution >= 0.6 is 0 Å². The van der Waals surface area contributed by atoms with Crippen LogP contribution in [-0.4, -0.2) is 40.4 Å². The van der Waals surface area contributed by atoms with Crippen LogP contribution in [0.3, 0.4) is 0 Å². The van der Waals surface area contributed by atoms with Crippen molar-refractivity contribution >= 4 is 17.0 Å². The quantitative estimate of drug-likeness (QED) is 0.821. The molecule has 2 N–H and O–H groups in total. The number of carboxylic acid groups (broad SMARTS) is 1. The maximum absolute atomic E-state index is 12.5. The Labute approximate surface area is 138 Å². The highest BCUT2D eigenvalue weighted by molar-refractivity contribution is 7.84. The lowest BCUT2D eigenvalue weighted by Gasteiger charge is -2.43. The van der Waals surface area contributed by atoms with E-state index in [0.717, 1.165) is 5.56 Å². The van der Waals surface area contributed by atoms with Crippen molar-refractivity contribution < 1.29 is 23.6 Å². The van der Waals surface area contributed by atoms with Gasteiger partial charge in [0.05, 0.1) is 42.5 Å². The van der Waals surface area contributed by atoms with Gasteiger partial charge in [-0.2, -0.15) is 0 Å². The van der Waals surface area contributed by atoms with E-state index >= 15 is 0 Å². The normalized spacial score (nSPS) is 18.1. The summed E-state index contributed by atoms with van der Waals surface area (Å²) < 4.78 is 26.0. The molecule has 1 saturated heterocycles. The van der Waals surface area contributed by atoms with Gasteiger partial charge in [0.25, 0.3) is 0 Å². The number of carbonyl (C=O) groups is 1. The van der Waals surface area contributed by atoms with Gasteiger partial charge in [-0.1, -0.05) is 12.1 Å². The summed E-state index contributed by atoms with van der Waals surface area (Å²) in [6.45, 7) is 6.48. The van der Waals surface area contributed by atoms with E-state index in [1.165, 1.54) is 7.11 Å². The summed E-state index contributed by atoms with van der Waals surface area (Å²) in [4.78, 5) is 10.9. The first-order chi connectivity index (χ1) is 10.7. The van der Waals surface area contributed by atoms with Crippen molar-refractivity contribution in [3.8, 4) is 5.75 Å². The molecule has 0 saturated carbocycles. The van der Waals surface area contributed by atoms with E-state index in [-0.39, 0.29) is 6.42 Å². The molecule has 0 aliphatic carbocycles. The van der Waals surface area contributed by atoms with E-state index in [1.54, 1.807) is 12.1 Å². The molecule has 23 heavy (non-hydrogen) atoms. The Balaban J connectivity index is 2.34. The number of rotatable bonds is 6. The van der Waals surface area contributed by atoms with Crippen LogP contribution in [0.4, 0.5) is 0 Å². The molecule has 0 aromatic heterocycles. The van der Waals surface area contributed by atoms with Gasteiger partial charge in [0, 0.05) is 5.56 Å². The lowest BCUT2D eigenvalue weighted by molar-refractivity contribution is -0.136. The van der Waals surface area contributed by atoms with Crippen LogP contribution in [0.5, 0.6) is 5.75 Å². The van der Waals surface area contributed by atoms with Crippen LogP contribution in [-0.2, 0) is 32.5 Å². The zero-order chi connectivity index (χ0) is 17.3. The topological polar surface area (TPSA) is 84.9 Å². The first-order valence-electron chi connectivity index (χ1n) is 7.34. The van der Waals surface area contributed by atoms with Crippen molar-refractivity contribution in [2.45, 2.75) is 37.5 Å². The Morgan fingerprint density at radius 2 is 2.09 bits per heavy atom. The number of carboxylic acids is 1. The number of hydrogen-bond donors (Lipinski definition) is 2. The first kappa shape index (κ1) is 17.9. The third kappa shape index (κ3) is 3.91. The summed E-state index contributed by atoms with van der Waals surface area (Å²) in [6, 6.07) is 5.30. The van der Waals surface area contributed by atoms with Crippen molar-refractivity contribution in [1.82, 2.24) is 4.72 Å². The Hall–Kier alpha value is -1.44. The van der Waals surface area contributed by atoms with Crippen LogP contribution in [0.2, 0.25) is 0 Å². The van der Waals surface area contributed by atoms with E-state index in [0.29, 0.717) is 24.5 Å². The third-order valence-corrected chi connectivity index (χ3v) is 5.37. The van der Waals surface area contributed by atoms with Gasteiger partial charge in [-0.05, 0) is 32.4 Å². The second-order valence-corrected chi connectivity index (χ2v) is 8.63. The molecule has 0 spiro atoms. The Bertz CT molecular complexity index is 619. The Kier molecular flexibility index (Phi) is 5.13. The zero-order valence-corrected chi connectivity index (χ0v) is 14.7. The fourth-order valence-electron chi connectivity index (χ4n) is 2.32. The third-order valence-electron chi connectivity index (χ3n) is 3.68. The molecule has 1 aliphatic heterocycles. The molecule has 0 radical (unpaired) electrons. The highest BCUT2D eigenvalue weighted by atomic mass is 32.2. The van der Waals surface area contributed by atoms with Crippen molar-refractivity contribution in [2.24, 2.45) is 0 Å². The maximum Gasteiger partial charge on any atom is 0.307 e. The second-order valence-electron chi connectivity index (χ2n) is 6.66. The lowest BCUT2D eigenvalue weighted by Crippen LogP contribution is -2.60. The fourth-order valence-corrected chi connectivity index (χ4v) is 3.21. The van der Waals surface area contributed by atoms with Gasteiger partial charge in [0.1, 0.15) is 11.3 Å². The van der Waals surface area contributed by atoms with Crippen molar-refractivity contribution in [3.63, 3.8) is 0 Å². The molecule has 7 heteroatoms. The van der Waals surface area contributed by atoms with Gasteiger partial charge in [-0.15, -0.1) is 0 Å². The standard InChI is InChI=1S/C16H23NO5S/c1-15(2,3)23(20)17-16(9-22-10-16)12-6-5-11(8-14(18)19)7-13(12)21-4/h5-7,17H,8-10H2,1-4H3,(H,18,19). The highest BCUT2D eigenvalue weighted by Crippen LogP contribution is 2.37. The Morgan fingerprint density at radius 3 is 2.52 bits per heavy atom. The van der Waals surface area contributed by atoms with E-state index in [4.69, 9.17) is 14.6 Å². The largest absolute Gasteiger partial charge is 0.496 e. The molecular weight excluding hydrogens is 318 g/mol. The molecule has 0 amide bonds. The lowest BCUT2D eigenvalue weighted by atomic mass is 9.87. The predicted molar refractivity (Wildman–Crippen MR) is 87.9 cm³/mol. The maximum atomic E-state index is 12.5. The van der Waals surface area contributed by atoms with Crippen molar-refractivity contribution in [1.29, 1.82) is 0 Å². The predicted octanol–water partition coefficient (Wildman–Crippen LogP) is 1.60.